The van der Waals surface area contributed by atoms with E-state index in [9.17, 15) is 14.4 Å². The number of aryl methyl sites for hydroxylation is 1. The number of aromatic nitrogens is 1. The van der Waals surface area contributed by atoms with Crippen molar-refractivity contribution >= 4 is 34.3 Å². The predicted octanol–water partition coefficient (Wildman–Crippen LogP) is 5.18. The molecule has 2 aliphatic rings. The summed E-state index contributed by atoms with van der Waals surface area (Å²) in [6.45, 7) is 5.74. The van der Waals surface area contributed by atoms with Crippen LogP contribution in [-0.4, -0.2) is 53.0 Å². The number of fused-ring (bicyclic) bond motifs is 3. The van der Waals surface area contributed by atoms with Gasteiger partial charge in [0.1, 0.15) is 11.2 Å². The Labute approximate surface area is 241 Å². The lowest BCUT2D eigenvalue weighted by Gasteiger charge is -2.45. The van der Waals surface area contributed by atoms with Crippen molar-refractivity contribution in [1.82, 2.24) is 14.8 Å². The molecular weight excluding hydrogens is 520 g/mol. The summed E-state index contributed by atoms with van der Waals surface area (Å²) in [6, 6.07) is 11.6. The Morgan fingerprint density at radius 2 is 1.63 bits per heavy atom. The van der Waals surface area contributed by atoms with E-state index in [0.29, 0.717) is 33.8 Å². The van der Waals surface area contributed by atoms with Gasteiger partial charge in [0.2, 0.25) is 11.8 Å². The van der Waals surface area contributed by atoms with Crippen molar-refractivity contribution in [1.29, 1.82) is 0 Å². The van der Waals surface area contributed by atoms with Gasteiger partial charge in [-0.1, -0.05) is 55.5 Å². The summed E-state index contributed by atoms with van der Waals surface area (Å²) in [7, 11) is 3.10. The summed E-state index contributed by atoms with van der Waals surface area (Å²) in [6.07, 6.45) is 6.41. The highest BCUT2D eigenvalue weighted by atomic mass is 16.5. The van der Waals surface area contributed by atoms with Crippen LogP contribution in [0.15, 0.2) is 36.4 Å². The molecule has 1 fully saturated rings. The molecule has 3 amide bonds. The Balaban J connectivity index is 1.66. The zero-order valence-corrected chi connectivity index (χ0v) is 24.6. The minimum Gasteiger partial charge on any atom is -0.493 e. The highest BCUT2D eigenvalue weighted by molar-refractivity contribution is 6.15. The minimum atomic E-state index is -1.19. The third kappa shape index (κ3) is 5.37. The number of carbonyl (C=O) groups is 3. The van der Waals surface area contributed by atoms with Gasteiger partial charge in [0.05, 0.1) is 32.0 Å². The molecule has 5 rings (SSSR count). The van der Waals surface area contributed by atoms with Crippen molar-refractivity contribution in [3.05, 3.63) is 53.2 Å². The molecule has 0 bridgehead atoms. The molecule has 0 radical (unpaired) electrons. The van der Waals surface area contributed by atoms with Gasteiger partial charge in [0.15, 0.2) is 11.5 Å². The molecule has 1 aliphatic carbocycles. The molecule has 9 heteroatoms. The SMILES string of the molecule is COc1cc2c(NC(C)=O)c3n(c2cc1OC)C[C@](C)(C(=O)NC1CCCCCC1)N(Cc1ccc(C)cc1)C3=O. The van der Waals surface area contributed by atoms with Crippen LogP contribution in [0.4, 0.5) is 5.69 Å². The van der Waals surface area contributed by atoms with E-state index in [1.54, 1.807) is 31.3 Å². The lowest BCUT2D eigenvalue weighted by Crippen LogP contribution is -2.64. The molecule has 2 heterocycles. The molecule has 3 aromatic rings. The first kappa shape index (κ1) is 28.5. The molecule has 1 saturated carbocycles. The smallest absolute Gasteiger partial charge is 0.273 e. The zero-order chi connectivity index (χ0) is 29.3. The quantitative estimate of drug-likeness (QED) is 0.388. The summed E-state index contributed by atoms with van der Waals surface area (Å²) in [5.41, 5.74) is 2.26. The van der Waals surface area contributed by atoms with E-state index in [-0.39, 0.29) is 36.9 Å². The zero-order valence-electron chi connectivity index (χ0n) is 24.6. The van der Waals surface area contributed by atoms with Gasteiger partial charge in [-0.15, -0.1) is 0 Å². The Morgan fingerprint density at radius 3 is 2.24 bits per heavy atom. The number of hydrogen-bond donors (Lipinski definition) is 2. The van der Waals surface area contributed by atoms with E-state index in [2.05, 4.69) is 10.6 Å². The average Bonchev–Trinajstić information content (AvgIpc) is 3.08. The van der Waals surface area contributed by atoms with Crippen molar-refractivity contribution in [2.75, 3.05) is 19.5 Å². The Kier molecular flexibility index (Phi) is 7.98. The third-order valence-electron chi connectivity index (χ3n) is 8.52. The number of nitrogens with zero attached hydrogens (tertiary/aromatic N) is 2. The number of rotatable bonds is 7. The van der Waals surface area contributed by atoms with Gasteiger partial charge in [-0.25, -0.2) is 0 Å². The molecular formula is C32H40N4O5. The largest absolute Gasteiger partial charge is 0.493 e. The Morgan fingerprint density at radius 1 is 1.00 bits per heavy atom. The van der Waals surface area contributed by atoms with Crippen molar-refractivity contribution in [3.8, 4) is 11.5 Å². The fraction of sp³-hybridized carbons (Fsp3) is 0.469. The van der Waals surface area contributed by atoms with E-state index in [1.807, 2.05) is 42.7 Å². The molecule has 0 spiro atoms. The average molecular weight is 561 g/mol. The van der Waals surface area contributed by atoms with Crippen LogP contribution in [-0.2, 0) is 22.7 Å². The number of methoxy groups -OCH3 is 2. The minimum absolute atomic E-state index is 0.0836. The van der Waals surface area contributed by atoms with Crippen LogP contribution in [0.5, 0.6) is 11.5 Å². The monoisotopic (exact) mass is 560 g/mol. The number of amides is 3. The molecule has 2 N–H and O–H groups in total. The van der Waals surface area contributed by atoms with Crippen LogP contribution in [0.2, 0.25) is 0 Å². The fourth-order valence-electron chi connectivity index (χ4n) is 6.19. The molecule has 9 nitrogen and oxygen atoms in total. The molecule has 0 saturated heterocycles. The lowest BCUT2D eigenvalue weighted by atomic mass is 9.92. The van der Waals surface area contributed by atoms with E-state index in [0.717, 1.165) is 36.8 Å². The molecule has 1 aliphatic heterocycles. The summed E-state index contributed by atoms with van der Waals surface area (Å²) in [5, 5.41) is 6.85. The van der Waals surface area contributed by atoms with Gasteiger partial charge in [0.25, 0.3) is 5.91 Å². The normalized spacial score (nSPS) is 19.4. The van der Waals surface area contributed by atoms with Crippen LogP contribution in [0, 0.1) is 6.92 Å². The number of carbonyl (C=O) groups excluding carboxylic acids is 3. The Bertz CT molecular complexity index is 1470. The molecule has 41 heavy (non-hydrogen) atoms. The lowest BCUT2D eigenvalue weighted by molar-refractivity contribution is -0.134. The van der Waals surface area contributed by atoms with Crippen molar-refractivity contribution in [2.45, 2.75) is 84.0 Å². The van der Waals surface area contributed by atoms with Gasteiger partial charge in [-0.2, -0.15) is 0 Å². The summed E-state index contributed by atoms with van der Waals surface area (Å²) in [5.74, 6) is 0.181. The standard InChI is InChI=1S/C32H40N4O5/c1-20-12-14-22(15-13-20)18-36-30(38)29-28(33-21(2)37)24-16-26(40-4)27(41-5)17-25(24)35(29)19-32(36,3)31(39)34-23-10-8-6-7-9-11-23/h12-17,23H,6-11,18-19H2,1-5H3,(H,33,37)(H,34,39)/t32-/m1/s1. The second-order valence-electron chi connectivity index (χ2n) is 11.5. The van der Waals surface area contributed by atoms with Crippen LogP contribution >= 0.6 is 0 Å². The molecule has 218 valence electrons. The second kappa shape index (κ2) is 11.5. The maximum Gasteiger partial charge on any atom is 0.273 e. The highest BCUT2D eigenvalue weighted by Crippen LogP contribution is 2.43. The molecule has 0 unspecified atom stereocenters. The maximum atomic E-state index is 14.5. The first-order valence-corrected chi connectivity index (χ1v) is 14.4. The summed E-state index contributed by atoms with van der Waals surface area (Å²) < 4.78 is 13.0. The topological polar surface area (TPSA) is 102 Å². The summed E-state index contributed by atoms with van der Waals surface area (Å²) in [4.78, 5) is 42.8. The van der Waals surface area contributed by atoms with E-state index < -0.39 is 5.54 Å². The van der Waals surface area contributed by atoms with Crippen LogP contribution < -0.4 is 20.1 Å². The first-order chi connectivity index (χ1) is 19.7. The van der Waals surface area contributed by atoms with Gasteiger partial charge >= 0.3 is 0 Å². The van der Waals surface area contributed by atoms with Gasteiger partial charge in [0, 0.05) is 31.0 Å². The van der Waals surface area contributed by atoms with Crippen LogP contribution in [0.3, 0.4) is 0 Å². The molecule has 1 aromatic heterocycles. The van der Waals surface area contributed by atoms with Crippen LogP contribution in [0.25, 0.3) is 10.9 Å². The van der Waals surface area contributed by atoms with E-state index in [1.165, 1.54) is 19.8 Å². The van der Waals surface area contributed by atoms with Gasteiger partial charge in [-0.3, -0.25) is 14.4 Å². The molecule has 1 atom stereocenters. The van der Waals surface area contributed by atoms with Gasteiger partial charge < -0.3 is 29.6 Å². The van der Waals surface area contributed by atoms with Crippen molar-refractivity contribution in [2.24, 2.45) is 0 Å². The molecule has 2 aromatic carbocycles. The third-order valence-corrected chi connectivity index (χ3v) is 8.52. The van der Waals surface area contributed by atoms with E-state index >= 15 is 0 Å². The van der Waals surface area contributed by atoms with Crippen LogP contribution in [0.1, 0.15) is 74.0 Å². The number of hydrogen-bond acceptors (Lipinski definition) is 5. The Hall–Kier alpha value is -4.01. The number of anilines is 1. The van der Waals surface area contributed by atoms with Gasteiger partial charge in [-0.05, 0) is 38.3 Å². The van der Waals surface area contributed by atoms with E-state index in [4.69, 9.17) is 9.47 Å². The highest BCUT2D eigenvalue weighted by Gasteiger charge is 2.49. The second-order valence-corrected chi connectivity index (χ2v) is 11.5. The van der Waals surface area contributed by atoms with Crippen molar-refractivity contribution in [3.63, 3.8) is 0 Å². The number of nitrogens with one attached hydrogen (secondary N) is 2. The fourth-order valence-corrected chi connectivity index (χ4v) is 6.19. The predicted molar refractivity (Wildman–Crippen MR) is 158 cm³/mol. The summed E-state index contributed by atoms with van der Waals surface area (Å²) >= 11 is 0. The number of ether oxygens (including phenoxy) is 2. The maximum absolute atomic E-state index is 14.5. The first-order valence-electron chi connectivity index (χ1n) is 14.4. The van der Waals surface area contributed by atoms with Crippen molar-refractivity contribution < 1.29 is 23.9 Å². The number of benzene rings is 2.